The molecule has 0 radical (unpaired) electrons. The fraction of sp³-hybridized carbons (Fsp3) is 0.385. The zero-order valence-corrected chi connectivity index (χ0v) is 13.4. The predicted octanol–water partition coefficient (Wildman–Crippen LogP) is 2.66. The van der Waals surface area contributed by atoms with Gasteiger partial charge in [-0.15, -0.1) is 11.8 Å². The Bertz CT molecular complexity index is 551. The highest BCUT2D eigenvalue weighted by Crippen LogP contribution is 2.40. The Morgan fingerprint density at radius 1 is 1.40 bits per heavy atom. The van der Waals surface area contributed by atoms with Gasteiger partial charge in [-0.3, -0.25) is 9.59 Å². The van der Waals surface area contributed by atoms with Gasteiger partial charge in [-0.05, 0) is 17.7 Å². The van der Waals surface area contributed by atoms with Crippen molar-refractivity contribution < 1.29 is 9.59 Å². The highest BCUT2D eigenvalue weighted by molar-refractivity contribution is 8.00. The largest absolute Gasteiger partial charge is 0.347 e. The number of hydrogen-bond donors (Lipinski definition) is 0. The van der Waals surface area contributed by atoms with Crippen LogP contribution in [0.15, 0.2) is 18.2 Å². The van der Waals surface area contributed by atoms with Crippen molar-refractivity contribution in [3.05, 3.63) is 33.8 Å². The summed E-state index contributed by atoms with van der Waals surface area (Å²) in [5.74, 6) is 0.221. The standard InChI is InChI=1S/C13H14Cl2N2O2S/c1-16(2)11(18)6-17-12(19)7-20-13(17)8-3-4-9(14)10(15)5-8/h3-5,13H,6-7H2,1-2H3. The zero-order valence-electron chi connectivity index (χ0n) is 11.1. The number of carbonyl (C=O) groups excluding carboxylic acids is 2. The van der Waals surface area contributed by atoms with Crippen LogP contribution in [0.2, 0.25) is 10.0 Å². The first-order chi connectivity index (χ1) is 9.40. The van der Waals surface area contributed by atoms with E-state index >= 15 is 0 Å². The minimum absolute atomic E-state index is 0.0405. The van der Waals surface area contributed by atoms with Crippen LogP contribution < -0.4 is 0 Å². The summed E-state index contributed by atoms with van der Waals surface area (Å²) in [5.41, 5.74) is 0.877. The van der Waals surface area contributed by atoms with Crippen LogP contribution in [0.5, 0.6) is 0 Å². The van der Waals surface area contributed by atoms with Gasteiger partial charge < -0.3 is 9.80 Å². The first kappa shape index (κ1) is 15.5. The van der Waals surface area contributed by atoms with Gasteiger partial charge in [0.25, 0.3) is 0 Å². The molecule has 0 N–H and O–H groups in total. The average molecular weight is 333 g/mol. The van der Waals surface area contributed by atoms with Crippen molar-refractivity contribution in [2.45, 2.75) is 5.37 Å². The molecule has 1 aromatic carbocycles. The summed E-state index contributed by atoms with van der Waals surface area (Å²) < 4.78 is 0. The second kappa shape index (κ2) is 6.24. The van der Waals surface area contributed by atoms with Gasteiger partial charge in [0.2, 0.25) is 11.8 Å². The molecule has 2 rings (SSSR count). The van der Waals surface area contributed by atoms with Crippen molar-refractivity contribution in [3.8, 4) is 0 Å². The number of nitrogens with zero attached hydrogens (tertiary/aromatic N) is 2. The molecule has 1 aliphatic rings. The van der Waals surface area contributed by atoms with Crippen molar-refractivity contribution in [1.82, 2.24) is 9.80 Å². The lowest BCUT2D eigenvalue weighted by molar-refractivity contribution is -0.137. The molecule has 108 valence electrons. The highest BCUT2D eigenvalue weighted by Gasteiger charge is 2.34. The molecule has 1 unspecified atom stereocenters. The molecule has 1 aromatic rings. The normalized spacial score (nSPS) is 18.5. The Hall–Kier alpha value is -0.910. The molecule has 0 aromatic heterocycles. The molecule has 1 heterocycles. The van der Waals surface area contributed by atoms with E-state index in [1.807, 2.05) is 6.07 Å². The zero-order chi connectivity index (χ0) is 14.9. The first-order valence-corrected chi connectivity index (χ1v) is 7.77. The highest BCUT2D eigenvalue weighted by atomic mass is 35.5. The van der Waals surface area contributed by atoms with Crippen LogP contribution in [0.1, 0.15) is 10.9 Å². The summed E-state index contributed by atoms with van der Waals surface area (Å²) in [5, 5.41) is 0.727. The minimum atomic E-state index is -0.193. The van der Waals surface area contributed by atoms with E-state index in [0.717, 1.165) is 5.56 Å². The minimum Gasteiger partial charge on any atom is -0.347 e. The number of hydrogen-bond acceptors (Lipinski definition) is 3. The molecule has 2 amide bonds. The molecular weight excluding hydrogens is 319 g/mol. The fourth-order valence-corrected chi connectivity index (χ4v) is 3.34. The van der Waals surface area contributed by atoms with E-state index in [0.29, 0.717) is 15.8 Å². The van der Waals surface area contributed by atoms with E-state index in [4.69, 9.17) is 23.2 Å². The maximum atomic E-state index is 11.9. The molecule has 1 aliphatic heterocycles. The van der Waals surface area contributed by atoms with Crippen molar-refractivity contribution in [1.29, 1.82) is 0 Å². The summed E-state index contributed by atoms with van der Waals surface area (Å²) in [7, 11) is 3.34. The third-order valence-corrected chi connectivity index (χ3v) is 5.00. The van der Waals surface area contributed by atoms with Crippen LogP contribution in [0, 0.1) is 0 Å². The van der Waals surface area contributed by atoms with Crippen LogP contribution >= 0.6 is 35.0 Å². The fourth-order valence-electron chi connectivity index (χ4n) is 1.85. The third kappa shape index (κ3) is 3.22. The number of rotatable bonds is 3. The Labute approximate surface area is 132 Å². The van der Waals surface area contributed by atoms with E-state index in [2.05, 4.69) is 0 Å². The molecule has 20 heavy (non-hydrogen) atoms. The van der Waals surface area contributed by atoms with E-state index < -0.39 is 0 Å². The van der Waals surface area contributed by atoms with Crippen LogP contribution in [0.4, 0.5) is 0 Å². The number of benzene rings is 1. The monoisotopic (exact) mass is 332 g/mol. The molecule has 0 spiro atoms. The average Bonchev–Trinajstić information content (AvgIpc) is 2.74. The molecule has 1 saturated heterocycles. The molecule has 7 heteroatoms. The lowest BCUT2D eigenvalue weighted by Gasteiger charge is -2.25. The van der Waals surface area contributed by atoms with E-state index in [1.54, 1.807) is 31.1 Å². The van der Waals surface area contributed by atoms with E-state index in [9.17, 15) is 9.59 Å². The lowest BCUT2D eigenvalue weighted by Crippen LogP contribution is -2.38. The summed E-state index contributed by atoms with van der Waals surface area (Å²) in [6.07, 6.45) is 0. The van der Waals surface area contributed by atoms with Gasteiger partial charge in [0.05, 0.1) is 15.8 Å². The summed E-state index contributed by atoms with van der Waals surface area (Å²) >= 11 is 13.4. The van der Waals surface area contributed by atoms with Gasteiger partial charge in [0, 0.05) is 14.1 Å². The van der Waals surface area contributed by atoms with E-state index in [1.165, 1.54) is 16.7 Å². The van der Waals surface area contributed by atoms with Crippen LogP contribution in [-0.4, -0.2) is 48.0 Å². The Morgan fingerprint density at radius 2 is 2.10 bits per heavy atom. The van der Waals surface area contributed by atoms with Gasteiger partial charge >= 0.3 is 0 Å². The lowest BCUT2D eigenvalue weighted by atomic mass is 10.2. The quantitative estimate of drug-likeness (QED) is 0.854. The van der Waals surface area contributed by atoms with Gasteiger partial charge in [-0.1, -0.05) is 29.3 Å². The topological polar surface area (TPSA) is 40.6 Å². The molecule has 1 atom stereocenters. The molecule has 0 bridgehead atoms. The van der Waals surface area contributed by atoms with Crippen molar-refractivity contribution >= 4 is 46.8 Å². The molecule has 4 nitrogen and oxygen atoms in total. The summed E-state index contributed by atoms with van der Waals surface area (Å²) in [6.45, 7) is 0.0732. The summed E-state index contributed by atoms with van der Waals surface area (Å²) in [4.78, 5) is 26.8. The number of halogens is 2. The Morgan fingerprint density at radius 3 is 2.70 bits per heavy atom. The predicted molar refractivity (Wildman–Crippen MR) is 82.1 cm³/mol. The molecule has 0 aliphatic carbocycles. The SMILES string of the molecule is CN(C)C(=O)CN1C(=O)CSC1c1ccc(Cl)c(Cl)c1. The maximum absolute atomic E-state index is 11.9. The Balaban J connectivity index is 2.23. The van der Waals surface area contributed by atoms with Gasteiger partial charge in [0.15, 0.2) is 0 Å². The van der Waals surface area contributed by atoms with Crippen LogP contribution in [-0.2, 0) is 9.59 Å². The third-order valence-electron chi connectivity index (χ3n) is 3.00. The number of amides is 2. The molecule has 0 saturated carbocycles. The van der Waals surface area contributed by atoms with Crippen molar-refractivity contribution in [2.75, 3.05) is 26.4 Å². The van der Waals surface area contributed by atoms with Gasteiger partial charge in [-0.2, -0.15) is 0 Å². The second-order valence-corrected chi connectivity index (χ2v) is 6.53. The van der Waals surface area contributed by atoms with Gasteiger partial charge in [0.1, 0.15) is 11.9 Å². The van der Waals surface area contributed by atoms with E-state index in [-0.39, 0.29) is 23.7 Å². The van der Waals surface area contributed by atoms with Crippen LogP contribution in [0.25, 0.3) is 0 Å². The number of thioether (sulfide) groups is 1. The number of likely N-dealkylation sites (N-methyl/N-ethyl adjacent to an activating group) is 1. The smallest absolute Gasteiger partial charge is 0.241 e. The maximum Gasteiger partial charge on any atom is 0.241 e. The van der Waals surface area contributed by atoms with Crippen molar-refractivity contribution in [3.63, 3.8) is 0 Å². The summed E-state index contributed by atoms with van der Waals surface area (Å²) in [6, 6.07) is 5.28. The van der Waals surface area contributed by atoms with Gasteiger partial charge in [-0.25, -0.2) is 0 Å². The first-order valence-electron chi connectivity index (χ1n) is 5.96. The molecule has 1 fully saturated rings. The van der Waals surface area contributed by atoms with Crippen molar-refractivity contribution in [2.24, 2.45) is 0 Å². The number of carbonyl (C=O) groups is 2. The Kier molecular flexibility index (Phi) is 4.83. The second-order valence-electron chi connectivity index (χ2n) is 4.65. The van der Waals surface area contributed by atoms with Crippen LogP contribution in [0.3, 0.4) is 0 Å². The molecular formula is C13H14Cl2N2O2S.